The Morgan fingerprint density at radius 2 is 1.86 bits per heavy atom. The van der Waals surface area contributed by atoms with Crippen molar-refractivity contribution in [2.45, 2.75) is 0 Å². The van der Waals surface area contributed by atoms with Gasteiger partial charge in [-0.1, -0.05) is 0 Å². The molecule has 7 heavy (non-hydrogen) atoms. The number of hydrogen-bond donors (Lipinski definition) is 1. The van der Waals surface area contributed by atoms with Crippen LogP contribution in [0.25, 0.3) is 0 Å². The first kappa shape index (κ1) is 10.7. The van der Waals surface area contributed by atoms with Crippen LogP contribution in [-0.4, -0.2) is 14.1 Å². The first-order valence-electron chi connectivity index (χ1n) is 1.33. The average Bonchev–Trinajstić information content (AvgIpc) is 1.69. The molecule has 0 aromatic heterocycles. The summed E-state index contributed by atoms with van der Waals surface area (Å²) in [6.07, 6.45) is 1.54. The fraction of sp³-hybridized carbons (Fsp3) is 0. The van der Waals surface area contributed by atoms with Crippen LogP contribution in [0.5, 0.6) is 0 Å². The first-order valence-corrected chi connectivity index (χ1v) is 4.49. The van der Waals surface area contributed by atoms with Crippen LogP contribution in [0.3, 0.4) is 0 Å². The molecule has 0 aromatic carbocycles. The second kappa shape index (κ2) is 15.8. The molecule has 0 aromatic rings. The molecule has 0 saturated heterocycles. The van der Waals surface area contributed by atoms with Gasteiger partial charge < -0.3 is 0 Å². The van der Waals surface area contributed by atoms with Crippen molar-refractivity contribution < 1.29 is 43.8 Å². The fourth-order valence-corrected chi connectivity index (χ4v) is 0. The minimum absolute atomic E-state index is 0.977. The van der Waals surface area contributed by atoms with E-state index in [1.807, 2.05) is 8.99 Å². The molecule has 0 amide bonds. The molecule has 0 heterocycles. The maximum atomic E-state index is 7.36. The van der Waals surface area contributed by atoms with E-state index < -0.39 is 0 Å². The van der Waals surface area contributed by atoms with Crippen molar-refractivity contribution in [1.82, 2.24) is 0 Å². The Labute approximate surface area is 65.3 Å². The Kier molecular flexibility index (Phi) is 24.3. The summed E-state index contributed by atoms with van der Waals surface area (Å²) < 4.78 is 3.69. The van der Waals surface area contributed by atoms with Gasteiger partial charge in [0.25, 0.3) is 0 Å². The Morgan fingerprint density at radius 1 is 1.71 bits per heavy atom. The zero-order valence-electron chi connectivity index (χ0n) is 3.50. The first-order chi connectivity index (χ1) is 3.33. The van der Waals surface area contributed by atoms with Gasteiger partial charge in [-0.2, -0.15) is 0 Å². The predicted octanol–water partition coefficient (Wildman–Crippen LogP) is -0.133. The normalized spacial score (nSPS) is 4.71. The van der Waals surface area contributed by atoms with Gasteiger partial charge in [0.05, 0.1) is 0 Å². The molecule has 0 aliphatic heterocycles. The summed E-state index contributed by atoms with van der Waals surface area (Å²) in [6, 6.07) is 0. The number of rotatable bonds is 1. The monoisotopic (exact) mass is 436 g/mol. The van der Waals surface area contributed by atoms with Crippen molar-refractivity contribution in [3.8, 4) is 0 Å². The van der Waals surface area contributed by atoms with Crippen LogP contribution in [0.1, 0.15) is 0 Å². The van der Waals surface area contributed by atoms with E-state index in [9.17, 15) is 0 Å². The molecule has 0 saturated carbocycles. The summed E-state index contributed by atoms with van der Waals surface area (Å²) in [4.78, 5) is 0. The summed E-state index contributed by atoms with van der Waals surface area (Å²) in [5.41, 5.74) is 0. The molecule has 0 bridgehead atoms. The third-order valence-corrected chi connectivity index (χ3v) is 0.643. The van der Waals surface area contributed by atoms with E-state index >= 15 is 0 Å². The van der Waals surface area contributed by atoms with Crippen LogP contribution in [0.4, 0.5) is 0 Å². The molecule has 1 nitrogen and oxygen atoms in total. The van der Waals surface area contributed by atoms with Crippen molar-refractivity contribution in [3.05, 3.63) is 12.7 Å². The summed E-state index contributed by atoms with van der Waals surface area (Å²) in [5.74, 6) is 0. The van der Waals surface area contributed by atoms with Gasteiger partial charge in [-0.3, -0.25) is 0 Å². The summed E-state index contributed by atoms with van der Waals surface area (Å²) >= 11 is 2.38. The van der Waals surface area contributed by atoms with Crippen LogP contribution < -0.4 is 0 Å². The van der Waals surface area contributed by atoms with Crippen LogP contribution >= 0.6 is 0 Å². The molecule has 40 valence electrons. The quantitative estimate of drug-likeness (QED) is 0.569. The van der Waals surface area contributed by atoms with Gasteiger partial charge in [0.1, 0.15) is 0 Å². The molecule has 0 aliphatic carbocycles. The predicted molar refractivity (Wildman–Crippen MR) is 21.9 cm³/mol. The van der Waals surface area contributed by atoms with Crippen LogP contribution in [0.15, 0.2) is 6.08 Å². The van der Waals surface area contributed by atoms with Crippen molar-refractivity contribution >= 4 is 8.99 Å². The topological polar surface area (TPSA) is 20.2 Å². The van der Waals surface area contributed by atoms with Gasteiger partial charge in [-0.25, -0.2) is 0 Å². The molecule has 3 heteroatoms. The molecule has 0 rings (SSSR count). The second-order valence-corrected chi connectivity index (χ2v) is 2.05. The zero-order valence-corrected chi connectivity index (χ0v) is 9.36. The second-order valence-electron chi connectivity index (χ2n) is 0.420. The Morgan fingerprint density at radius 3 is 1.86 bits per heavy atom. The van der Waals surface area contributed by atoms with Crippen LogP contribution in [-0.2, 0) is 38.7 Å². The van der Waals surface area contributed by atoms with E-state index in [0.29, 0.717) is 0 Å². The minimum atomic E-state index is 0.977. The summed E-state index contributed by atoms with van der Waals surface area (Å²) in [7, 11) is 0. The Balaban J connectivity index is 0. The van der Waals surface area contributed by atoms with E-state index in [4.69, 9.17) is 11.7 Å². The summed E-state index contributed by atoms with van der Waals surface area (Å²) in [6.45, 7) is 4.87. The number of allylic oxidation sites excluding steroid dienone is 1. The Hall–Kier alpha value is 0.817. The van der Waals surface area contributed by atoms with E-state index in [-0.39, 0.29) is 0 Å². The molecule has 0 aliphatic rings. The van der Waals surface area contributed by atoms with E-state index in [0.717, 1.165) is 19.4 Å². The molecule has 0 unspecified atom stereocenters. The van der Waals surface area contributed by atoms with Gasteiger partial charge >= 0.3 is 65.5 Å². The molecule has 0 radical (unpaired) electrons. The van der Waals surface area contributed by atoms with Crippen molar-refractivity contribution in [3.63, 3.8) is 0 Å². The standard InChI is InChI=1S/C3H3.CHO.2W/c1-3-2;1-2;;/h1-3H;2H;;/q2*-1;;. The number of aliphatic hydroxyl groups excluding tert-OH is 1. The molecule has 0 spiro atoms. The van der Waals surface area contributed by atoms with E-state index in [1.54, 1.807) is 0 Å². The number of hydrogen-bond acceptors (Lipinski definition) is 1. The molecule has 0 fully saturated rings. The third kappa shape index (κ3) is 47.9. The van der Waals surface area contributed by atoms with E-state index in [2.05, 4.69) is 0 Å². The third-order valence-electron chi connectivity index (χ3n) is 0.0786. The van der Waals surface area contributed by atoms with Crippen molar-refractivity contribution in [1.29, 1.82) is 0 Å². The van der Waals surface area contributed by atoms with Gasteiger partial charge in [0.2, 0.25) is 0 Å². The molecular formula is C4H4OW2-2. The van der Waals surface area contributed by atoms with Gasteiger partial charge in [0, 0.05) is 0 Å². The number of aliphatic hydroxyl groups is 1. The van der Waals surface area contributed by atoms with Gasteiger partial charge in [0.15, 0.2) is 0 Å². The fourth-order valence-electron chi connectivity index (χ4n) is 0. The Bertz CT molecular complexity index is 54.7. The van der Waals surface area contributed by atoms with E-state index in [1.165, 1.54) is 25.4 Å². The molecule has 1 N–H and O–H groups in total. The van der Waals surface area contributed by atoms with Gasteiger partial charge in [-0.15, -0.1) is 0 Å². The van der Waals surface area contributed by atoms with Crippen molar-refractivity contribution in [2.75, 3.05) is 0 Å². The van der Waals surface area contributed by atoms with Gasteiger partial charge in [-0.05, 0) is 0 Å². The SMILES string of the molecule is O[C-]=[W].[CH-]=C[CH]=[W]. The van der Waals surface area contributed by atoms with Crippen LogP contribution in [0.2, 0.25) is 0 Å². The van der Waals surface area contributed by atoms with Crippen LogP contribution in [0, 0.1) is 6.58 Å². The average molecular weight is 436 g/mol. The van der Waals surface area contributed by atoms with Crippen molar-refractivity contribution in [2.24, 2.45) is 0 Å². The molecular weight excluding hydrogens is 432 g/mol. The summed E-state index contributed by atoms with van der Waals surface area (Å²) in [5, 5.41) is 7.36. The zero-order chi connectivity index (χ0) is 6.12. The molecule has 0 atom stereocenters. The maximum absolute atomic E-state index is 7.36.